The molecule has 0 radical (unpaired) electrons. The summed E-state index contributed by atoms with van der Waals surface area (Å²) in [6.45, 7) is 2.88. The molecule has 2 heterocycles. The molecule has 1 N–H and O–H groups in total. The fourth-order valence-electron chi connectivity index (χ4n) is 2.75. The highest BCUT2D eigenvalue weighted by Gasteiger charge is 2.40. The Hall–Kier alpha value is -2.63. The second-order valence-electron chi connectivity index (χ2n) is 5.34. The zero-order valence-corrected chi connectivity index (χ0v) is 12.6. The number of benzene rings is 1. The van der Waals surface area contributed by atoms with Gasteiger partial charge in [0.1, 0.15) is 5.82 Å². The van der Waals surface area contributed by atoms with E-state index in [9.17, 15) is 4.79 Å². The van der Waals surface area contributed by atoms with E-state index in [1.165, 1.54) is 7.11 Å². The Balaban J connectivity index is 1.72. The Morgan fingerprint density at radius 3 is 2.77 bits per heavy atom. The maximum atomic E-state index is 12.4. The van der Waals surface area contributed by atoms with Gasteiger partial charge in [-0.25, -0.2) is 9.78 Å². The van der Waals surface area contributed by atoms with Gasteiger partial charge in [-0.15, -0.1) is 0 Å². The molecule has 22 heavy (non-hydrogen) atoms. The van der Waals surface area contributed by atoms with E-state index >= 15 is 0 Å². The summed E-state index contributed by atoms with van der Waals surface area (Å²) in [5.41, 5.74) is 1.15. The smallest absolute Gasteiger partial charge is 0.323 e. The zero-order chi connectivity index (χ0) is 15.5. The van der Waals surface area contributed by atoms with E-state index in [2.05, 4.69) is 22.2 Å². The lowest BCUT2D eigenvalue weighted by molar-refractivity contribution is 0.0670. The number of anilines is 1. The molecule has 1 fully saturated rings. The third-order valence-corrected chi connectivity index (χ3v) is 3.81. The fraction of sp³-hybridized carbons (Fsp3) is 0.312. The Morgan fingerprint density at radius 2 is 2.09 bits per heavy atom. The van der Waals surface area contributed by atoms with Crippen LogP contribution in [0.2, 0.25) is 0 Å². The number of nitrogens with one attached hydrogen (secondary N) is 1. The van der Waals surface area contributed by atoms with Crippen molar-refractivity contribution >= 4 is 11.8 Å². The van der Waals surface area contributed by atoms with Crippen LogP contribution in [0.15, 0.2) is 42.6 Å². The number of carbonyl (C=O) groups excluding carboxylic acids is 1. The molecule has 1 aromatic heterocycles. The van der Waals surface area contributed by atoms with Crippen LogP contribution >= 0.6 is 0 Å². The summed E-state index contributed by atoms with van der Waals surface area (Å²) >= 11 is 0. The van der Waals surface area contributed by atoms with Crippen LogP contribution in [0.25, 0.3) is 0 Å². The summed E-state index contributed by atoms with van der Waals surface area (Å²) in [6.07, 6.45) is 1.55. The molecule has 0 saturated carbocycles. The summed E-state index contributed by atoms with van der Waals surface area (Å²) in [7, 11) is 1.49. The van der Waals surface area contributed by atoms with Crippen LogP contribution in [-0.4, -0.2) is 34.6 Å². The third-order valence-electron chi connectivity index (χ3n) is 3.81. The van der Waals surface area contributed by atoms with E-state index in [4.69, 9.17) is 4.74 Å². The van der Waals surface area contributed by atoms with Crippen molar-refractivity contribution in [1.82, 2.24) is 14.9 Å². The first-order valence-corrected chi connectivity index (χ1v) is 7.18. The molecule has 0 spiro atoms. The highest BCUT2D eigenvalue weighted by molar-refractivity contribution is 5.89. The molecule has 1 aromatic carbocycles. The van der Waals surface area contributed by atoms with E-state index in [0.29, 0.717) is 11.7 Å². The van der Waals surface area contributed by atoms with Crippen molar-refractivity contribution < 1.29 is 9.53 Å². The third kappa shape index (κ3) is 2.72. The van der Waals surface area contributed by atoms with Gasteiger partial charge in [-0.1, -0.05) is 37.3 Å². The van der Waals surface area contributed by atoms with Gasteiger partial charge in [0.25, 0.3) is 0 Å². The number of aromatic nitrogens is 2. The highest BCUT2D eigenvalue weighted by atomic mass is 16.5. The number of likely N-dealkylation sites (tertiary alicyclic amines) is 1. The zero-order valence-electron chi connectivity index (χ0n) is 12.6. The summed E-state index contributed by atoms with van der Waals surface area (Å²) in [6, 6.07) is 11.9. The molecular formula is C16H18N4O2. The normalized spacial score (nSPS) is 20.2. The summed E-state index contributed by atoms with van der Waals surface area (Å²) in [5, 5.41) is 2.79. The molecular weight excluding hydrogens is 280 g/mol. The van der Waals surface area contributed by atoms with Gasteiger partial charge >= 0.3 is 12.0 Å². The minimum Gasteiger partial charge on any atom is -0.467 e. The van der Waals surface area contributed by atoms with Crippen LogP contribution < -0.4 is 10.1 Å². The topological polar surface area (TPSA) is 67.3 Å². The predicted octanol–water partition coefficient (Wildman–Crippen LogP) is 2.71. The molecule has 0 aliphatic carbocycles. The fourth-order valence-corrected chi connectivity index (χ4v) is 2.75. The maximum Gasteiger partial charge on any atom is 0.323 e. The first-order valence-electron chi connectivity index (χ1n) is 7.18. The Morgan fingerprint density at radius 1 is 1.32 bits per heavy atom. The minimum absolute atomic E-state index is 0.102. The molecule has 6 heteroatoms. The van der Waals surface area contributed by atoms with Gasteiger partial charge in [0, 0.05) is 12.7 Å². The minimum atomic E-state index is -0.160. The van der Waals surface area contributed by atoms with Gasteiger partial charge in [-0.2, -0.15) is 4.98 Å². The van der Waals surface area contributed by atoms with E-state index in [0.717, 1.165) is 12.1 Å². The summed E-state index contributed by atoms with van der Waals surface area (Å²) in [5.74, 6) is 0.872. The molecule has 2 amide bonds. The lowest BCUT2D eigenvalue weighted by atomic mass is 9.85. The van der Waals surface area contributed by atoms with Crippen LogP contribution in [0.4, 0.5) is 10.6 Å². The van der Waals surface area contributed by atoms with E-state index in [-0.39, 0.29) is 18.1 Å². The average molecular weight is 298 g/mol. The van der Waals surface area contributed by atoms with Gasteiger partial charge in [0.05, 0.1) is 13.2 Å². The molecule has 0 bridgehead atoms. The number of urea groups is 1. The monoisotopic (exact) mass is 298 g/mol. The van der Waals surface area contributed by atoms with Gasteiger partial charge in [0.15, 0.2) is 0 Å². The Bertz CT molecular complexity index is 662. The lowest BCUT2D eigenvalue weighted by Crippen LogP contribution is -2.53. The Kier molecular flexibility index (Phi) is 3.91. The number of hydrogen-bond acceptors (Lipinski definition) is 4. The van der Waals surface area contributed by atoms with Crippen LogP contribution in [0.1, 0.15) is 18.5 Å². The number of methoxy groups -OCH3 is 1. The lowest BCUT2D eigenvalue weighted by Gasteiger charge is -2.46. The van der Waals surface area contributed by atoms with Crippen molar-refractivity contribution in [2.45, 2.75) is 13.0 Å². The van der Waals surface area contributed by atoms with Crippen molar-refractivity contribution in [2.24, 2.45) is 5.92 Å². The molecule has 2 atom stereocenters. The maximum absolute atomic E-state index is 12.4. The highest BCUT2D eigenvalue weighted by Crippen LogP contribution is 2.38. The molecule has 1 saturated heterocycles. The standard InChI is InChI=1S/C16H18N4O2/c1-11-10-20(14(11)12-6-4-3-5-7-12)16(21)19-13-8-9-17-15(18-13)22-2/h3-9,11,14H,10H2,1-2H3,(H,17,18,19,21)/t11-,14-/m1/s1. The van der Waals surface area contributed by atoms with Gasteiger partial charge in [-0.05, 0) is 17.5 Å². The average Bonchev–Trinajstić information content (AvgIpc) is 2.53. The Labute approximate surface area is 129 Å². The van der Waals surface area contributed by atoms with Crippen molar-refractivity contribution in [3.8, 4) is 6.01 Å². The molecule has 1 aliphatic heterocycles. The van der Waals surface area contributed by atoms with Crippen molar-refractivity contribution in [3.05, 3.63) is 48.2 Å². The molecule has 6 nitrogen and oxygen atoms in total. The van der Waals surface area contributed by atoms with E-state index < -0.39 is 0 Å². The quantitative estimate of drug-likeness (QED) is 0.946. The summed E-state index contributed by atoms with van der Waals surface area (Å²) < 4.78 is 4.96. The predicted molar refractivity (Wildman–Crippen MR) is 82.7 cm³/mol. The molecule has 114 valence electrons. The number of nitrogens with zero attached hydrogens (tertiary/aromatic N) is 3. The van der Waals surface area contributed by atoms with Gasteiger partial charge < -0.3 is 9.64 Å². The molecule has 3 rings (SSSR count). The first kappa shape index (κ1) is 14.3. The largest absolute Gasteiger partial charge is 0.467 e. The number of ether oxygens (including phenoxy) is 1. The van der Waals surface area contributed by atoms with Crippen LogP contribution in [-0.2, 0) is 0 Å². The number of rotatable bonds is 3. The van der Waals surface area contributed by atoms with Gasteiger partial charge in [-0.3, -0.25) is 5.32 Å². The van der Waals surface area contributed by atoms with E-state index in [1.807, 2.05) is 35.2 Å². The molecule has 0 unspecified atom stereocenters. The van der Waals surface area contributed by atoms with Crippen molar-refractivity contribution in [1.29, 1.82) is 0 Å². The van der Waals surface area contributed by atoms with Crippen LogP contribution in [0.3, 0.4) is 0 Å². The number of amides is 2. The van der Waals surface area contributed by atoms with Crippen molar-refractivity contribution in [2.75, 3.05) is 19.0 Å². The molecule has 2 aromatic rings. The van der Waals surface area contributed by atoms with Crippen molar-refractivity contribution in [3.63, 3.8) is 0 Å². The van der Waals surface area contributed by atoms with E-state index in [1.54, 1.807) is 12.3 Å². The van der Waals surface area contributed by atoms with Gasteiger partial charge in [0.2, 0.25) is 0 Å². The van der Waals surface area contributed by atoms with Crippen LogP contribution in [0, 0.1) is 5.92 Å². The SMILES string of the molecule is COc1nccc(NC(=O)N2C[C@@H](C)[C@@H]2c2ccccc2)n1. The first-order chi connectivity index (χ1) is 10.7. The second-order valence-corrected chi connectivity index (χ2v) is 5.34. The number of hydrogen-bond donors (Lipinski definition) is 1. The van der Waals surface area contributed by atoms with Crippen LogP contribution in [0.5, 0.6) is 6.01 Å². The number of carbonyl (C=O) groups is 1. The second kappa shape index (κ2) is 6.01. The molecule has 1 aliphatic rings. The summed E-state index contributed by atoms with van der Waals surface area (Å²) in [4.78, 5) is 22.3.